The molecule has 1 heterocycles. The van der Waals surface area contributed by atoms with E-state index in [1.165, 1.54) is 42.6 Å². The van der Waals surface area contributed by atoms with Crippen LogP contribution in [-0.2, 0) is 0 Å². The quantitative estimate of drug-likeness (QED) is 0.395. The van der Waals surface area contributed by atoms with Crippen LogP contribution < -0.4 is 4.74 Å². The zero-order valence-corrected chi connectivity index (χ0v) is 10.4. The van der Waals surface area contributed by atoms with Crippen LogP contribution in [0.3, 0.4) is 0 Å². The molecule has 1 aromatic carbocycles. The van der Waals surface area contributed by atoms with E-state index in [1.54, 1.807) is 0 Å². The number of carbonyl (C=O) groups is 2. The van der Waals surface area contributed by atoms with Crippen molar-refractivity contribution < 1.29 is 24.4 Å². The predicted molar refractivity (Wildman–Crippen MR) is 69.3 cm³/mol. The Bertz CT molecular complexity index is 711. The number of nitro groups is 1. The Morgan fingerprint density at radius 1 is 1.19 bits per heavy atom. The van der Waals surface area contributed by atoms with Gasteiger partial charge in [0.2, 0.25) is 0 Å². The molecule has 0 aliphatic heterocycles. The molecule has 1 aromatic heterocycles. The van der Waals surface area contributed by atoms with Gasteiger partial charge in [-0.25, -0.2) is 14.6 Å². The minimum Gasteiger partial charge on any atom is -0.478 e. The van der Waals surface area contributed by atoms with Crippen molar-refractivity contribution in [1.29, 1.82) is 0 Å². The number of nitro benzene ring substituents is 1. The lowest BCUT2D eigenvalue weighted by atomic mass is 10.2. The Labute approximate surface area is 117 Å². The largest absolute Gasteiger partial charge is 0.478 e. The van der Waals surface area contributed by atoms with Crippen LogP contribution in [0.1, 0.15) is 20.8 Å². The summed E-state index contributed by atoms with van der Waals surface area (Å²) in [4.78, 5) is 36.4. The van der Waals surface area contributed by atoms with Gasteiger partial charge >= 0.3 is 11.9 Å². The number of hydrogen-bond donors (Lipinski definition) is 1. The fraction of sp³-hybridized carbons (Fsp3) is 0. The highest BCUT2D eigenvalue weighted by atomic mass is 16.6. The topological polar surface area (TPSA) is 120 Å². The highest BCUT2D eigenvalue weighted by Crippen LogP contribution is 2.18. The van der Waals surface area contributed by atoms with E-state index in [4.69, 9.17) is 9.84 Å². The van der Waals surface area contributed by atoms with Crippen molar-refractivity contribution in [3.05, 3.63) is 64.0 Å². The average molecular weight is 288 g/mol. The third-order valence-electron chi connectivity index (χ3n) is 2.49. The van der Waals surface area contributed by atoms with E-state index in [0.29, 0.717) is 0 Å². The third-order valence-corrected chi connectivity index (χ3v) is 2.49. The second-order valence-corrected chi connectivity index (χ2v) is 3.85. The van der Waals surface area contributed by atoms with Gasteiger partial charge in [-0.1, -0.05) is 0 Å². The summed E-state index contributed by atoms with van der Waals surface area (Å²) in [6.07, 6.45) is 1.26. The van der Waals surface area contributed by atoms with Crippen LogP contribution in [0, 0.1) is 10.1 Å². The average Bonchev–Trinajstić information content (AvgIpc) is 2.47. The Morgan fingerprint density at radius 2 is 1.86 bits per heavy atom. The number of esters is 1. The van der Waals surface area contributed by atoms with Crippen LogP contribution in [0.15, 0.2) is 42.6 Å². The van der Waals surface area contributed by atoms with Crippen LogP contribution in [-0.4, -0.2) is 27.0 Å². The molecule has 0 aliphatic carbocycles. The minimum absolute atomic E-state index is 0.0487. The highest BCUT2D eigenvalue weighted by molar-refractivity contribution is 6.01. The Hall–Kier alpha value is -3.29. The van der Waals surface area contributed by atoms with Gasteiger partial charge in [0.15, 0.2) is 5.69 Å². The normalized spacial score (nSPS) is 9.90. The van der Waals surface area contributed by atoms with Gasteiger partial charge < -0.3 is 9.84 Å². The maximum atomic E-state index is 11.9. The van der Waals surface area contributed by atoms with Gasteiger partial charge in [0.1, 0.15) is 5.75 Å². The van der Waals surface area contributed by atoms with E-state index in [-0.39, 0.29) is 22.7 Å². The molecular weight excluding hydrogens is 280 g/mol. The first-order valence-electron chi connectivity index (χ1n) is 5.64. The Morgan fingerprint density at radius 3 is 2.43 bits per heavy atom. The number of aromatic carboxylic acids is 1. The molecule has 0 saturated carbocycles. The van der Waals surface area contributed by atoms with Gasteiger partial charge in [0.05, 0.1) is 10.5 Å². The van der Waals surface area contributed by atoms with E-state index in [2.05, 4.69) is 4.98 Å². The number of carbonyl (C=O) groups excluding carboxylic acids is 1. The standard InChI is InChI=1S/C13H8N2O6/c16-12(17)10-2-1-7-14-11(10)13(18)21-9-5-3-8(4-6-9)15(19)20/h1-7H,(H,16,17). The van der Waals surface area contributed by atoms with Crippen LogP contribution >= 0.6 is 0 Å². The molecule has 0 amide bonds. The molecule has 0 atom stereocenters. The van der Waals surface area contributed by atoms with Gasteiger partial charge in [-0.2, -0.15) is 0 Å². The predicted octanol–water partition coefficient (Wildman–Crippen LogP) is 1.91. The van der Waals surface area contributed by atoms with Crippen molar-refractivity contribution in [2.24, 2.45) is 0 Å². The molecule has 106 valence electrons. The van der Waals surface area contributed by atoms with E-state index in [0.717, 1.165) is 0 Å². The first-order valence-corrected chi connectivity index (χ1v) is 5.64. The van der Waals surface area contributed by atoms with E-state index >= 15 is 0 Å². The fourth-order valence-electron chi connectivity index (χ4n) is 1.53. The number of carboxylic acid groups (broad SMARTS) is 1. The summed E-state index contributed by atoms with van der Waals surface area (Å²) in [6.45, 7) is 0. The molecule has 0 saturated heterocycles. The zero-order chi connectivity index (χ0) is 15.4. The highest BCUT2D eigenvalue weighted by Gasteiger charge is 2.19. The van der Waals surface area contributed by atoms with Gasteiger partial charge in [0, 0.05) is 18.3 Å². The number of rotatable bonds is 4. The van der Waals surface area contributed by atoms with Gasteiger partial charge in [-0.3, -0.25) is 10.1 Å². The molecule has 8 heteroatoms. The van der Waals surface area contributed by atoms with Crippen molar-refractivity contribution in [1.82, 2.24) is 4.98 Å². The summed E-state index contributed by atoms with van der Waals surface area (Å²) >= 11 is 0. The number of pyridine rings is 1. The Kier molecular flexibility index (Phi) is 3.89. The zero-order valence-electron chi connectivity index (χ0n) is 10.4. The van der Waals surface area contributed by atoms with Crippen molar-refractivity contribution in [3.63, 3.8) is 0 Å². The molecule has 0 spiro atoms. The first-order chi connectivity index (χ1) is 9.99. The molecule has 0 fully saturated rings. The number of carboxylic acids is 1. The summed E-state index contributed by atoms with van der Waals surface area (Å²) in [5.74, 6) is -2.21. The van der Waals surface area contributed by atoms with Crippen molar-refractivity contribution in [3.8, 4) is 5.75 Å². The number of benzene rings is 1. The number of non-ortho nitro benzene ring substituents is 1. The maximum Gasteiger partial charge on any atom is 0.363 e. The molecule has 2 rings (SSSR count). The SMILES string of the molecule is O=C(O)c1cccnc1C(=O)Oc1ccc([N+](=O)[O-])cc1. The van der Waals surface area contributed by atoms with Gasteiger partial charge in [-0.15, -0.1) is 0 Å². The summed E-state index contributed by atoms with van der Waals surface area (Å²) in [5.41, 5.74) is -0.786. The van der Waals surface area contributed by atoms with E-state index in [1.807, 2.05) is 0 Å². The number of hydrogen-bond acceptors (Lipinski definition) is 6. The number of nitrogens with zero attached hydrogens (tertiary/aromatic N) is 2. The van der Waals surface area contributed by atoms with Crippen LogP contribution in [0.5, 0.6) is 5.75 Å². The number of ether oxygens (including phenoxy) is 1. The van der Waals surface area contributed by atoms with Gasteiger partial charge in [0.25, 0.3) is 5.69 Å². The number of aromatic nitrogens is 1. The Balaban J connectivity index is 2.22. The summed E-state index contributed by atoms with van der Waals surface area (Å²) in [5, 5.41) is 19.5. The first kappa shape index (κ1) is 14.1. The summed E-state index contributed by atoms with van der Waals surface area (Å²) < 4.78 is 4.94. The lowest BCUT2D eigenvalue weighted by molar-refractivity contribution is -0.384. The third kappa shape index (κ3) is 3.18. The minimum atomic E-state index is -1.31. The summed E-state index contributed by atoms with van der Waals surface area (Å²) in [7, 11) is 0. The monoisotopic (exact) mass is 288 g/mol. The van der Waals surface area contributed by atoms with Gasteiger partial charge in [-0.05, 0) is 24.3 Å². The van der Waals surface area contributed by atoms with Crippen LogP contribution in [0.25, 0.3) is 0 Å². The molecule has 0 aliphatic rings. The molecule has 1 N–H and O–H groups in total. The second kappa shape index (κ2) is 5.78. The molecule has 0 radical (unpaired) electrons. The molecular formula is C13H8N2O6. The molecule has 21 heavy (non-hydrogen) atoms. The van der Waals surface area contributed by atoms with Crippen molar-refractivity contribution >= 4 is 17.6 Å². The van der Waals surface area contributed by atoms with E-state index < -0.39 is 16.9 Å². The van der Waals surface area contributed by atoms with Crippen LogP contribution in [0.2, 0.25) is 0 Å². The van der Waals surface area contributed by atoms with E-state index in [9.17, 15) is 19.7 Å². The smallest absolute Gasteiger partial charge is 0.363 e. The summed E-state index contributed by atoms with van der Waals surface area (Å²) in [6, 6.07) is 7.41. The van der Waals surface area contributed by atoms with Crippen molar-refractivity contribution in [2.75, 3.05) is 0 Å². The van der Waals surface area contributed by atoms with Crippen LogP contribution in [0.4, 0.5) is 5.69 Å². The lowest BCUT2D eigenvalue weighted by Crippen LogP contribution is -2.16. The molecule has 0 bridgehead atoms. The molecule has 0 unspecified atom stereocenters. The fourth-order valence-corrected chi connectivity index (χ4v) is 1.53. The molecule has 2 aromatic rings. The molecule has 8 nitrogen and oxygen atoms in total. The second-order valence-electron chi connectivity index (χ2n) is 3.85. The lowest BCUT2D eigenvalue weighted by Gasteiger charge is -2.05. The maximum absolute atomic E-state index is 11.9. The van der Waals surface area contributed by atoms with Crippen molar-refractivity contribution in [2.45, 2.75) is 0 Å².